The molecule has 1 heterocycles. The van der Waals surface area contributed by atoms with Gasteiger partial charge in [0, 0.05) is 17.4 Å². The van der Waals surface area contributed by atoms with E-state index in [2.05, 4.69) is 28.0 Å². The molecule has 0 saturated heterocycles. The largest absolute Gasteiger partial charge is 0.358 e. The van der Waals surface area contributed by atoms with Gasteiger partial charge >= 0.3 is 0 Å². The fourth-order valence-electron chi connectivity index (χ4n) is 2.52. The van der Waals surface area contributed by atoms with Crippen molar-refractivity contribution in [3.05, 3.63) is 60.0 Å². The third kappa shape index (κ3) is 3.54. The first kappa shape index (κ1) is 13.5. The number of allylic oxidation sites excluding steroid dienone is 3. The quantitative estimate of drug-likeness (QED) is 0.596. The highest BCUT2D eigenvalue weighted by Crippen LogP contribution is 2.16. The van der Waals surface area contributed by atoms with Gasteiger partial charge in [0.25, 0.3) is 0 Å². The normalized spacial score (nSPS) is 16.3. The highest BCUT2D eigenvalue weighted by Gasteiger charge is 2.06. The van der Waals surface area contributed by atoms with E-state index in [4.69, 9.17) is 0 Å². The number of benzene rings is 1. The van der Waals surface area contributed by atoms with Crippen molar-refractivity contribution in [2.75, 3.05) is 0 Å². The summed E-state index contributed by atoms with van der Waals surface area (Å²) in [6.45, 7) is 0. The smallest absolute Gasteiger partial charge is 0.244 e. The van der Waals surface area contributed by atoms with E-state index < -0.39 is 0 Å². The number of aromatic nitrogens is 1. The van der Waals surface area contributed by atoms with Crippen molar-refractivity contribution in [1.29, 1.82) is 0 Å². The molecule has 1 aromatic heterocycles. The molecule has 0 atom stereocenters. The zero-order valence-electron chi connectivity index (χ0n) is 11.9. The third-order valence-electron chi connectivity index (χ3n) is 3.60. The second-order valence-corrected chi connectivity index (χ2v) is 5.27. The van der Waals surface area contributed by atoms with E-state index in [0.29, 0.717) is 6.42 Å². The van der Waals surface area contributed by atoms with Crippen molar-refractivity contribution in [2.24, 2.45) is 0 Å². The first-order valence-corrected chi connectivity index (χ1v) is 7.25. The molecular formula is C17H19N3O. The van der Waals surface area contributed by atoms with Crippen LogP contribution in [0.5, 0.6) is 0 Å². The molecule has 0 aliphatic heterocycles. The molecule has 0 radical (unpaired) electrons. The Morgan fingerprint density at radius 1 is 1.29 bits per heavy atom. The van der Waals surface area contributed by atoms with Crippen LogP contribution in [0, 0.1) is 0 Å². The van der Waals surface area contributed by atoms with E-state index in [-0.39, 0.29) is 5.91 Å². The highest BCUT2D eigenvalue weighted by atomic mass is 16.2. The zero-order chi connectivity index (χ0) is 14.5. The molecule has 1 aliphatic carbocycles. The van der Waals surface area contributed by atoms with Crippen LogP contribution in [-0.4, -0.2) is 10.9 Å². The molecular weight excluding hydrogens is 262 g/mol. The third-order valence-corrected chi connectivity index (χ3v) is 3.60. The average Bonchev–Trinajstić information content (AvgIpc) is 2.90. The molecule has 108 valence electrons. The number of aromatic amines is 1. The van der Waals surface area contributed by atoms with Gasteiger partial charge in [-0.2, -0.15) is 0 Å². The second-order valence-electron chi connectivity index (χ2n) is 5.27. The Kier molecular flexibility index (Phi) is 4.05. The van der Waals surface area contributed by atoms with Gasteiger partial charge in [0.1, 0.15) is 0 Å². The van der Waals surface area contributed by atoms with Gasteiger partial charge in [0.05, 0.1) is 6.42 Å². The fourth-order valence-corrected chi connectivity index (χ4v) is 2.52. The minimum absolute atomic E-state index is 0.0512. The summed E-state index contributed by atoms with van der Waals surface area (Å²) < 4.78 is 0. The molecule has 1 aromatic carbocycles. The maximum absolute atomic E-state index is 11.9. The molecule has 4 nitrogen and oxygen atoms in total. The Morgan fingerprint density at radius 3 is 3.00 bits per heavy atom. The molecule has 21 heavy (non-hydrogen) atoms. The van der Waals surface area contributed by atoms with E-state index >= 15 is 0 Å². The van der Waals surface area contributed by atoms with Gasteiger partial charge < -0.3 is 10.4 Å². The lowest BCUT2D eigenvalue weighted by Crippen LogP contribution is -2.35. The molecule has 2 aromatic rings. The van der Waals surface area contributed by atoms with Gasteiger partial charge in [-0.3, -0.25) is 10.2 Å². The Bertz CT molecular complexity index is 664. The van der Waals surface area contributed by atoms with Crippen LogP contribution in [-0.2, 0) is 11.2 Å². The minimum atomic E-state index is -0.0512. The lowest BCUT2D eigenvalue weighted by Gasteiger charge is -2.09. The van der Waals surface area contributed by atoms with Gasteiger partial charge in [-0.25, -0.2) is 0 Å². The van der Waals surface area contributed by atoms with Crippen molar-refractivity contribution >= 4 is 16.8 Å². The second kappa shape index (κ2) is 6.31. The van der Waals surface area contributed by atoms with Crippen LogP contribution < -0.4 is 10.9 Å². The van der Waals surface area contributed by atoms with Crippen LogP contribution in [0.3, 0.4) is 0 Å². The molecule has 1 amide bonds. The molecule has 0 spiro atoms. The van der Waals surface area contributed by atoms with Crippen LogP contribution in [0.25, 0.3) is 10.9 Å². The first-order chi connectivity index (χ1) is 10.3. The predicted octanol–water partition coefficient (Wildman–Crippen LogP) is 2.96. The molecule has 0 unspecified atom stereocenters. The molecule has 0 fully saturated rings. The number of fused-ring (bicyclic) bond motifs is 1. The fraction of sp³-hybridized carbons (Fsp3) is 0.235. The number of carbonyl (C=O) groups is 1. The maximum atomic E-state index is 11.9. The highest BCUT2D eigenvalue weighted by molar-refractivity contribution is 5.83. The van der Waals surface area contributed by atoms with Gasteiger partial charge in [0.2, 0.25) is 5.91 Å². The Morgan fingerprint density at radius 2 is 2.19 bits per heavy atom. The monoisotopic (exact) mass is 281 g/mol. The van der Waals surface area contributed by atoms with Gasteiger partial charge in [0.15, 0.2) is 0 Å². The van der Waals surface area contributed by atoms with E-state index in [0.717, 1.165) is 35.9 Å². The molecule has 4 heteroatoms. The summed E-state index contributed by atoms with van der Waals surface area (Å²) in [7, 11) is 0. The van der Waals surface area contributed by atoms with E-state index in [1.165, 1.54) is 5.57 Å². The van der Waals surface area contributed by atoms with Crippen molar-refractivity contribution in [2.45, 2.75) is 25.7 Å². The van der Waals surface area contributed by atoms with Crippen molar-refractivity contribution in [3.63, 3.8) is 0 Å². The number of hydrogen-bond acceptors (Lipinski definition) is 2. The lowest BCUT2D eigenvalue weighted by atomic mass is 10.0. The Balaban J connectivity index is 1.53. The van der Waals surface area contributed by atoms with Crippen molar-refractivity contribution in [3.8, 4) is 0 Å². The number of hydrazine groups is 1. The number of carbonyl (C=O) groups excluding carboxylic acids is 1. The Labute approximate surface area is 123 Å². The summed E-state index contributed by atoms with van der Waals surface area (Å²) in [4.78, 5) is 15.1. The molecule has 0 bridgehead atoms. The topological polar surface area (TPSA) is 56.9 Å². The van der Waals surface area contributed by atoms with Crippen molar-refractivity contribution < 1.29 is 4.79 Å². The van der Waals surface area contributed by atoms with E-state index in [1.54, 1.807) is 0 Å². The summed E-state index contributed by atoms with van der Waals surface area (Å²) in [6.07, 6.45) is 9.68. The summed E-state index contributed by atoms with van der Waals surface area (Å²) >= 11 is 0. The van der Waals surface area contributed by atoms with Gasteiger partial charge in [-0.15, -0.1) is 0 Å². The molecule has 0 saturated carbocycles. The summed E-state index contributed by atoms with van der Waals surface area (Å²) in [5, 5.41) is 1.13. The van der Waals surface area contributed by atoms with Gasteiger partial charge in [-0.05, 0) is 42.4 Å². The van der Waals surface area contributed by atoms with Crippen LogP contribution in [0.4, 0.5) is 0 Å². The minimum Gasteiger partial charge on any atom is -0.358 e. The van der Waals surface area contributed by atoms with Gasteiger partial charge in [-0.1, -0.05) is 30.4 Å². The average molecular weight is 281 g/mol. The standard InChI is InChI=1S/C17H19N3O/c21-17(20-18-12-13-6-2-1-3-7-13)11-15-10-14-8-4-5-9-16(14)19-15/h1-2,4-5,8-10,12,18-19H,3,6-7,11H2,(H,20,21)/b13-12+. The number of rotatable bonds is 4. The van der Waals surface area contributed by atoms with Crippen LogP contribution in [0.1, 0.15) is 25.0 Å². The molecule has 3 rings (SSSR count). The van der Waals surface area contributed by atoms with Crippen molar-refractivity contribution in [1.82, 2.24) is 15.8 Å². The maximum Gasteiger partial charge on any atom is 0.244 e. The zero-order valence-corrected chi connectivity index (χ0v) is 11.9. The number of hydrogen-bond donors (Lipinski definition) is 3. The molecule has 1 aliphatic rings. The predicted molar refractivity (Wildman–Crippen MR) is 84.4 cm³/mol. The van der Waals surface area contributed by atoms with E-state index in [9.17, 15) is 4.79 Å². The SMILES string of the molecule is O=C(Cc1cc2ccccc2[nH]1)NN/C=C1\CC=CCC1. The number of H-pyrrole nitrogens is 1. The lowest BCUT2D eigenvalue weighted by molar-refractivity contribution is -0.121. The number of amides is 1. The summed E-state index contributed by atoms with van der Waals surface area (Å²) in [6, 6.07) is 10.0. The van der Waals surface area contributed by atoms with Crippen LogP contribution in [0.15, 0.2) is 54.3 Å². The number of para-hydroxylation sites is 1. The number of nitrogens with one attached hydrogen (secondary N) is 3. The van der Waals surface area contributed by atoms with E-state index in [1.807, 2.05) is 36.5 Å². The first-order valence-electron chi connectivity index (χ1n) is 7.25. The van der Waals surface area contributed by atoms with Crippen LogP contribution in [0.2, 0.25) is 0 Å². The summed E-state index contributed by atoms with van der Waals surface area (Å²) in [5.74, 6) is -0.0512. The summed E-state index contributed by atoms with van der Waals surface area (Å²) in [5.41, 5.74) is 8.90. The Hall–Kier alpha value is -2.49. The molecule has 3 N–H and O–H groups in total. The van der Waals surface area contributed by atoms with Crippen LogP contribution >= 0.6 is 0 Å².